The summed E-state index contributed by atoms with van der Waals surface area (Å²) < 4.78 is 22.1. The molecule has 2 N–H and O–H groups in total. The minimum absolute atomic E-state index is 0.0316. The Kier molecular flexibility index (Phi) is 7.66. The number of imidazole rings is 1. The lowest BCUT2D eigenvalue weighted by atomic mass is 9.93. The molecule has 0 radical (unpaired) electrons. The van der Waals surface area contributed by atoms with Gasteiger partial charge in [-0.3, -0.25) is 4.90 Å². The van der Waals surface area contributed by atoms with Crippen LogP contribution in [0.4, 0.5) is 4.39 Å². The van der Waals surface area contributed by atoms with Crippen molar-refractivity contribution < 1.29 is 19.0 Å². The van der Waals surface area contributed by atoms with Gasteiger partial charge in [0.15, 0.2) is 0 Å². The Hall–Kier alpha value is -5.01. The number of nitrogens with one attached hydrogen (secondary N) is 1. The van der Waals surface area contributed by atoms with E-state index in [1.807, 2.05) is 36.5 Å². The van der Waals surface area contributed by atoms with Crippen LogP contribution in [0.3, 0.4) is 0 Å². The highest BCUT2D eigenvalue weighted by atomic mass is 19.1. The van der Waals surface area contributed by atoms with Crippen molar-refractivity contribution in [1.29, 1.82) is 5.26 Å². The summed E-state index contributed by atoms with van der Waals surface area (Å²) in [6.45, 7) is 2.97. The lowest BCUT2D eigenvalue weighted by Gasteiger charge is -2.31. The van der Waals surface area contributed by atoms with Crippen molar-refractivity contribution in [3.05, 3.63) is 113 Å². The Morgan fingerprint density at radius 2 is 1.93 bits per heavy atom. The number of rotatable bonds is 9. The zero-order valence-corrected chi connectivity index (χ0v) is 22.8. The molecule has 0 amide bonds. The predicted molar refractivity (Wildman–Crippen MR) is 154 cm³/mol. The number of carboxylic acids is 1. The molecule has 3 aromatic heterocycles. The van der Waals surface area contributed by atoms with Gasteiger partial charge in [0.1, 0.15) is 18.2 Å². The van der Waals surface area contributed by atoms with E-state index in [-0.39, 0.29) is 23.7 Å². The van der Waals surface area contributed by atoms with Gasteiger partial charge in [-0.2, -0.15) is 5.26 Å². The van der Waals surface area contributed by atoms with Gasteiger partial charge < -0.3 is 19.4 Å². The number of H-pyrrole nitrogens is 1. The fourth-order valence-corrected chi connectivity index (χ4v) is 5.45. The SMILES string of the molecule is N#Cc1ccc(COc2cccc(C3CCN(Cc4nc5ccc(C(=O)O)cc5n4Cc4ccc[nH]4)CC3)n2)c(F)c1. The smallest absolute Gasteiger partial charge is 0.335 e. The molecule has 6 rings (SSSR count). The molecule has 10 heteroatoms. The number of aromatic carboxylic acids is 1. The number of aromatic amines is 1. The number of aromatic nitrogens is 4. The number of halogens is 1. The molecule has 1 saturated heterocycles. The van der Waals surface area contributed by atoms with Crippen LogP contribution in [0.5, 0.6) is 5.88 Å². The van der Waals surface area contributed by atoms with Crippen molar-refractivity contribution >= 4 is 17.0 Å². The van der Waals surface area contributed by atoms with Gasteiger partial charge in [0.2, 0.25) is 5.88 Å². The molecule has 0 bridgehead atoms. The number of likely N-dealkylation sites (tertiary alicyclic amines) is 1. The van der Waals surface area contributed by atoms with E-state index in [4.69, 9.17) is 20.0 Å². The predicted octanol–water partition coefficient (Wildman–Crippen LogP) is 5.48. The van der Waals surface area contributed by atoms with Crippen LogP contribution in [0.1, 0.15) is 57.5 Å². The number of hydrogen-bond donors (Lipinski definition) is 2. The van der Waals surface area contributed by atoms with Gasteiger partial charge in [-0.25, -0.2) is 19.2 Å². The number of hydrogen-bond acceptors (Lipinski definition) is 6. The summed E-state index contributed by atoms with van der Waals surface area (Å²) in [6.07, 6.45) is 3.71. The second-order valence-electron chi connectivity index (χ2n) is 10.5. The Morgan fingerprint density at radius 1 is 1.07 bits per heavy atom. The van der Waals surface area contributed by atoms with Gasteiger partial charge in [0.05, 0.1) is 41.3 Å². The minimum atomic E-state index is -0.961. The van der Waals surface area contributed by atoms with E-state index in [1.54, 1.807) is 36.4 Å². The monoisotopic (exact) mass is 564 g/mol. The third-order valence-corrected chi connectivity index (χ3v) is 7.74. The molecular weight excluding hydrogens is 535 g/mol. The summed E-state index contributed by atoms with van der Waals surface area (Å²) >= 11 is 0. The van der Waals surface area contributed by atoms with Gasteiger partial charge in [-0.1, -0.05) is 12.1 Å². The lowest BCUT2D eigenvalue weighted by molar-refractivity contribution is 0.0697. The van der Waals surface area contributed by atoms with E-state index in [0.717, 1.165) is 54.2 Å². The summed E-state index contributed by atoms with van der Waals surface area (Å²) in [4.78, 5) is 26.8. The highest BCUT2D eigenvalue weighted by Crippen LogP contribution is 2.29. The van der Waals surface area contributed by atoms with E-state index in [9.17, 15) is 14.3 Å². The number of piperidine rings is 1. The number of carboxylic acid groups (broad SMARTS) is 1. The van der Waals surface area contributed by atoms with E-state index in [2.05, 4.69) is 14.5 Å². The first-order valence-electron chi connectivity index (χ1n) is 13.8. The van der Waals surface area contributed by atoms with Crippen molar-refractivity contribution in [2.75, 3.05) is 13.1 Å². The fourth-order valence-electron chi connectivity index (χ4n) is 5.45. The van der Waals surface area contributed by atoms with Crippen molar-refractivity contribution in [2.45, 2.75) is 38.5 Å². The second kappa shape index (κ2) is 11.8. The van der Waals surface area contributed by atoms with Crippen molar-refractivity contribution in [2.24, 2.45) is 0 Å². The standard InChI is InChI=1S/C32H29FN6O3/c33-26-15-21(17-34)6-7-24(26)20-42-31-5-1-4-27(37-31)22-10-13-38(14-11-22)19-30-36-28-9-8-23(32(40)41)16-29(28)39(30)18-25-3-2-12-35-25/h1-9,12,15-16,22,35H,10-11,13-14,18-20H2,(H,40,41). The average Bonchev–Trinajstić information content (AvgIpc) is 3.65. The zero-order valence-electron chi connectivity index (χ0n) is 22.8. The molecule has 5 aromatic rings. The van der Waals surface area contributed by atoms with E-state index < -0.39 is 11.8 Å². The average molecular weight is 565 g/mol. The highest BCUT2D eigenvalue weighted by Gasteiger charge is 2.24. The zero-order chi connectivity index (χ0) is 29.1. The summed E-state index contributed by atoms with van der Waals surface area (Å²) in [6, 6.07) is 21.0. The molecule has 0 spiro atoms. The third-order valence-electron chi connectivity index (χ3n) is 7.74. The van der Waals surface area contributed by atoms with Crippen LogP contribution < -0.4 is 4.74 Å². The number of nitrogens with zero attached hydrogens (tertiary/aromatic N) is 5. The number of nitriles is 1. The van der Waals surface area contributed by atoms with Crippen molar-refractivity contribution in [3.8, 4) is 11.9 Å². The van der Waals surface area contributed by atoms with Gasteiger partial charge in [0.25, 0.3) is 0 Å². The maximum atomic E-state index is 14.2. The first-order chi connectivity index (χ1) is 20.5. The Bertz CT molecular complexity index is 1770. The van der Waals surface area contributed by atoms with Gasteiger partial charge in [-0.15, -0.1) is 0 Å². The number of benzene rings is 2. The second-order valence-corrected chi connectivity index (χ2v) is 10.5. The van der Waals surface area contributed by atoms with Crippen LogP contribution in [0.2, 0.25) is 0 Å². The van der Waals surface area contributed by atoms with Gasteiger partial charge >= 0.3 is 5.97 Å². The fraction of sp³-hybridized carbons (Fsp3) is 0.250. The molecular formula is C32H29FN6O3. The quantitative estimate of drug-likeness (QED) is 0.243. The molecule has 212 valence electrons. The van der Waals surface area contributed by atoms with Crippen LogP contribution in [-0.4, -0.2) is 48.6 Å². The molecule has 42 heavy (non-hydrogen) atoms. The number of pyridine rings is 1. The van der Waals surface area contributed by atoms with Crippen molar-refractivity contribution in [1.82, 2.24) is 24.4 Å². The molecule has 1 aliphatic rings. The van der Waals surface area contributed by atoms with E-state index >= 15 is 0 Å². The molecule has 2 aromatic carbocycles. The Morgan fingerprint density at radius 3 is 2.67 bits per heavy atom. The summed E-state index contributed by atoms with van der Waals surface area (Å²) in [5.74, 6) is 0.174. The molecule has 0 aliphatic carbocycles. The molecule has 1 aliphatic heterocycles. The van der Waals surface area contributed by atoms with Crippen LogP contribution >= 0.6 is 0 Å². The molecule has 0 saturated carbocycles. The first-order valence-corrected chi connectivity index (χ1v) is 13.8. The van der Waals surface area contributed by atoms with Crippen LogP contribution in [0, 0.1) is 17.1 Å². The van der Waals surface area contributed by atoms with Crippen LogP contribution in [0.15, 0.2) is 72.9 Å². The summed E-state index contributed by atoms with van der Waals surface area (Å²) in [5, 5.41) is 18.5. The van der Waals surface area contributed by atoms with Crippen LogP contribution in [0.25, 0.3) is 11.0 Å². The third kappa shape index (κ3) is 5.87. The minimum Gasteiger partial charge on any atom is -0.478 e. The van der Waals surface area contributed by atoms with Gasteiger partial charge in [0, 0.05) is 35.1 Å². The normalized spacial score (nSPS) is 14.2. The van der Waals surface area contributed by atoms with E-state index in [1.165, 1.54) is 6.07 Å². The molecule has 1 fully saturated rings. The maximum Gasteiger partial charge on any atom is 0.335 e. The molecule has 9 nitrogen and oxygen atoms in total. The van der Waals surface area contributed by atoms with Crippen molar-refractivity contribution in [3.63, 3.8) is 0 Å². The summed E-state index contributed by atoms with van der Waals surface area (Å²) in [5.41, 5.74) is 4.43. The number of ether oxygens (including phenoxy) is 1. The summed E-state index contributed by atoms with van der Waals surface area (Å²) in [7, 11) is 0. The largest absolute Gasteiger partial charge is 0.478 e. The number of fused-ring (bicyclic) bond motifs is 1. The Labute approximate surface area is 241 Å². The van der Waals surface area contributed by atoms with Crippen LogP contribution in [-0.2, 0) is 19.7 Å². The maximum absolute atomic E-state index is 14.2. The van der Waals surface area contributed by atoms with E-state index in [0.29, 0.717) is 24.5 Å². The van der Waals surface area contributed by atoms with Gasteiger partial charge in [-0.05, 0) is 74.5 Å². The highest BCUT2D eigenvalue weighted by molar-refractivity contribution is 5.92. The molecule has 4 heterocycles. The first kappa shape index (κ1) is 27.2. The molecule has 0 unspecified atom stereocenters. The molecule has 0 atom stereocenters. The lowest BCUT2D eigenvalue weighted by Crippen LogP contribution is -2.33. The number of carbonyl (C=O) groups is 1. The topological polar surface area (TPSA) is 120 Å². The Balaban J connectivity index is 1.12.